The zero-order chi connectivity index (χ0) is 20.5. The SMILES string of the molecule is CN1CCN(Cc2ccccc2)C[C@@H]1c1nnc2ccc(C(=O)N3CCCC3)cn12. The summed E-state index contributed by atoms with van der Waals surface area (Å²) in [6.07, 6.45) is 4.11. The summed E-state index contributed by atoms with van der Waals surface area (Å²) in [6, 6.07) is 14.5. The quantitative estimate of drug-likeness (QED) is 0.669. The van der Waals surface area contributed by atoms with Crippen LogP contribution in [-0.2, 0) is 6.54 Å². The number of amides is 1. The fraction of sp³-hybridized carbons (Fsp3) is 0.435. The largest absolute Gasteiger partial charge is 0.339 e. The molecule has 5 rings (SSSR count). The predicted octanol–water partition coefficient (Wildman–Crippen LogP) is 2.45. The third-order valence-electron chi connectivity index (χ3n) is 6.35. The number of likely N-dealkylation sites (tertiary alicyclic amines) is 1. The number of hydrogen-bond acceptors (Lipinski definition) is 5. The van der Waals surface area contributed by atoms with Crippen molar-refractivity contribution in [3.05, 3.63) is 65.6 Å². The minimum atomic E-state index is 0.108. The van der Waals surface area contributed by atoms with Gasteiger partial charge in [0.05, 0.1) is 11.6 Å². The van der Waals surface area contributed by atoms with Crippen molar-refractivity contribution in [2.45, 2.75) is 25.4 Å². The average Bonchev–Trinajstić information content (AvgIpc) is 3.45. The monoisotopic (exact) mass is 404 g/mol. The van der Waals surface area contributed by atoms with Crippen molar-refractivity contribution in [2.75, 3.05) is 39.8 Å². The van der Waals surface area contributed by atoms with Crippen LogP contribution in [0.4, 0.5) is 0 Å². The van der Waals surface area contributed by atoms with E-state index in [0.29, 0.717) is 5.56 Å². The van der Waals surface area contributed by atoms with Gasteiger partial charge in [-0.1, -0.05) is 30.3 Å². The molecule has 2 aromatic heterocycles. The van der Waals surface area contributed by atoms with E-state index in [4.69, 9.17) is 0 Å². The number of likely N-dealkylation sites (N-methyl/N-ethyl adjacent to an activating group) is 1. The summed E-state index contributed by atoms with van der Waals surface area (Å²) in [6.45, 7) is 5.52. The van der Waals surface area contributed by atoms with E-state index < -0.39 is 0 Å². The average molecular weight is 405 g/mol. The van der Waals surface area contributed by atoms with E-state index in [0.717, 1.165) is 63.6 Å². The molecule has 2 fully saturated rings. The molecule has 0 saturated carbocycles. The van der Waals surface area contributed by atoms with Crippen LogP contribution < -0.4 is 0 Å². The standard InChI is InChI=1S/C23H28N6O/c1-26-13-14-27(15-18-7-3-2-4-8-18)17-20(26)22-25-24-21-10-9-19(16-29(21)22)23(30)28-11-5-6-12-28/h2-4,7-10,16,20H,5-6,11-15,17H2,1H3/t20-/m1/s1. The zero-order valence-electron chi connectivity index (χ0n) is 17.4. The van der Waals surface area contributed by atoms with Gasteiger partial charge in [-0.3, -0.25) is 19.0 Å². The second-order valence-electron chi connectivity index (χ2n) is 8.42. The number of pyridine rings is 1. The molecule has 0 N–H and O–H groups in total. The van der Waals surface area contributed by atoms with Gasteiger partial charge in [-0.05, 0) is 37.6 Å². The summed E-state index contributed by atoms with van der Waals surface area (Å²) in [4.78, 5) is 19.6. The highest BCUT2D eigenvalue weighted by molar-refractivity contribution is 5.94. The van der Waals surface area contributed by atoms with Crippen LogP contribution >= 0.6 is 0 Å². The van der Waals surface area contributed by atoms with Crippen LogP contribution in [0.1, 0.15) is 40.6 Å². The number of carbonyl (C=O) groups excluding carboxylic acids is 1. The molecule has 30 heavy (non-hydrogen) atoms. The van der Waals surface area contributed by atoms with E-state index in [1.54, 1.807) is 0 Å². The van der Waals surface area contributed by atoms with E-state index in [1.807, 2.05) is 27.6 Å². The molecule has 0 bridgehead atoms. The van der Waals surface area contributed by atoms with Crippen molar-refractivity contribution in [3.63, 3.8) is 0 Å². The molecule has 1 atom stereocenters. The lowest BCUT2D eigenvalue weighted by Gasteiger charge is -2.38. The zero-order valence-corrected chi connectivity index (χ0v) is 17.4. The van der Waals surface area contributed by atoms with Gasteiger partial charge < -0.3 is 4.90 Å². The molecule has 7 heteroatoms. The van der Waals surface area contributed by atoms with Crippen LogP contribution in [-0.4, -0.2) is 75.0 Å². The summed E-state index contributed by atoms with van der Waals surface area (Å²) < 4.78 is 2.01. The second kappa shape index (κ2) is 8.16. The van der Waals surface area contributed by atoms with Gasteiger partial charge >= 0.3 is 0 Å². The minimum Gasteiger partial charge on any atom is -0.339 e. The normalized spacial score (nSPS) is 20.8. The van der Waals surface area contributed by atoms with Crippen molar-refractivity contribution in [1.29, 1.82) is 0 Å². The molecule has 2 aliphatic heterocycles. The molecule has 0 spiro atoms. The Bertz CT molecular complexity index is 1030. The van der Waals surface area contributed by atoms with Crippen LogP contribution in [0.3, 0.4) is 0 Å². The molecule has 156 valence electrons. The van der Waals surface area contributed by atoms with Gasteiger partial charge in [-0.2, -0.15) is 0 Å². The first-order valence-electron chi connectivity index (χ1n) is 10.8. The number of piperazine rings is 1. The van der Waals surface area contributed by atoms with Gasteiger partial charge in [0.1, 0.15) is 0 Å². The highest BCUT2D eigenvalue weighted by atomic mass is 16.2. The Labute approximate surface area is 176 Å². The van der Waals surface area contributed by atoms with Crippen molar-refractivity contribution < 1.29 is 4.79 Å². The maximum Gasteiger partial charge on any atom is 0.255 e. The van der Waals surface area contributed by atoms with Gasteiger partial charge in [0.15, 0.2) is 11.5 Å². The van der Waals surface area contributed by atoms with E-state index in [9.17, 15) is 4.79 Å². The van der Waals surface area contributed by atoms with E-state index in [1.165, 1.54) is 5.56 Å². The summed E-state index contributed by atoms with van der Waals surface area (Å²) in [5.74, 6) is 1.01. The Kier molecular flexibility index (Phi) is 5.23. The Hall–Kier alpha value is -2.77. The lowest BCUT2D eigenvalue weighted by molar-refractivity contribution is 0.0791. The molecular formula is C23H28N6O. The third-order valence-corrected chi connectivity index (χ3v) is 6.35. The third kappa shape index (κ3) is 3.70. The van der Waals surface area contributed by atoms with Crippen LogP contribution in [0.15, 0.2) is 48.7 Å². The number of hydrogen-bond donors (Lipinski definition) is 0. The Morgan fingerprint density at radius 2 is 1.80 bits per heavy atom. The highest BCUT2D eigenvalue weighted by Crippen LogP contribution is 2.25. The number of carbonyl (C=O) groups is 1. The lowest BCUT2D eigenvalue weighted by atomic mass is 10.1. The van der Waals surface area contributed by atoms with Crippen LogP contribution in [0.25, 0.3) is 5.65 Å². The van der Waals surface area contributed by atoms with Crippen LogP contribution in [0.5, 0.6) is 0 Å². The van der Waals surface area contributed by atoms with E-state index in [-0.39, 0.29) is 11.9 Å². The highest BCUT2D eigenvalue weighted by Gasteiger charge is 2.30. The molecule has 0 unspecified atom stereocenters. The Morgan fingerprint density at radius 1 is 1.00 bits per heavy atom. The van der Waals surface area contributed by atoms with Crippen molar-refractivity contribution in [3.8, 4) is 0 Å². The summed E-state index contributed by atoms with van der Waals surface area (Å²) >= 11 is 0. The number of rotatable bonds is 4. The number of nitrogens with zero attached hydrogens (tertiary/aromatic N) is 6. The van der Waals surface area contributed by atoms with Gasteiger partial charge in [0.2, 0.25) is 0 Å². The topological polar surface area (TPSA) is 57.0 Å². The van der Waals surface area contributed by atoms with Crippen molar-refractivity contribution >= 4 is 11.6 Å². The molecule has 0 radical (unpaired) electrons. The first kappa shape index (κ1) is 19.2. The van der Waals surface area contributed by atoms with E-state index >= 15 is 0 Å². The predicted molar refractivity (Wildman–Crippen MR) is 115 cm³/mol. The van der Waals surface area contributed by atoms with Gasteiger partial charge in [-0.25, -0.2) is 0 Å². The first-order chi connectivity index (χ1) is 14.7. The molecule has 1 amide bonds. The minimum absolute atomic E-state index is 0.108. The molecule has 1 aromatic carbocycles. The number of fused-ring (bicyclic) bond motifs is 1. The molecule has 4 heterocycles. The van der Waals surface area contributed by atoms with Crippen molar-refractivity contribution in [2.24, 2.45) is 0 Å². The summed E-state index contributed by atoms with van der Waals surface area (Å²) in [7, 11) is 2.14. The molecule has 2 aliphatic rings. The fourth-order valence-electron chi connectivity index (χ4n) is 4.56. The number of aromatic nitrogens is 3. The van der Waals surface area contributed by atoms with E-state index in [2.05, 4.69) is 57.4 Å². The summed E-state index contributed by atoms with van der Waals surface area (Å²) in [5, 5.41) is 8.91. The molecule has 0 aliphatic carbocycles. The maximum absolute atomic E-state index is 12.9. The number of benzene rings is 1. The lowest BCUT2D eigenvalue weighted by Crippen LogP contribution is -2.46. The molecular weight excluding hydrogens is 376 g/mol. The second-order valence-corrected chi connectivity index (χ2v) is 8.42. The molecule has 7 nitrogen and oxygen atoms in total. The van der Waals surface area contributed by atoms with Crippen LogP contribution in [0.2, 0.25) is 0 Å². The Balaban J connectivity index is 1.41. The fourth-order valence-corrected chi connectivity index (χ4v) is 4.56. The van der Waals surface area contributed by atoms with Gasteiger partial charge in [0.25, 0.3) is 5.91 Å². The maximum atomic E-state index is 12.9. The Morgan fingerprint density at radius 3 is 2.60 bits per heavy atom. The van der Waals surface area contributed by atoms with Gasteiger partial charge in [-0.15, -0.1) is 10.2 Å². The van der Waals surface area contributed by atoms with Crippen LogP contribution in [0, 0.1) is 0 Å². The molecule has 2 saturated heterocycles. The first-order valence-corrected chi connectivity index (χ1v) is 10.8. The summed E-state index contributed by atoms with van der Waals surface area (Å²) in [5.41, 5.74) is 2.83. The smallest absolute Gasteiger partial charge is 0.255 e. The van der Waals surface area contributed by atoms with Crippen molar-refractivity contribution in [1.82, 2.24) is 29.3 Å². The van der Waals surface area contributed by atoms with Gasteiger partial charge in [0, 0.05) is 45.5 Å². The molecule has 3 aromatic rings.